The van der Waals surface area contributed by atoms with Crippen molar-refractivity contribution in [3.05, 3.63) is 93.5 Å². The smallest absolute Gasteiger partial charge is 0.255 e. The highest BCUT2D eigenvalue weighted by molar-refractivity contribution is 6.38. The van der Waals surface area contributed by atoms with Crippen LogP contribution in [0.3, 0.4) is 0 Å². The highest BCUT2D eigenvalue weighted by Crippen LogP contribution is 2.33. The summed E-state index contributed by atoms with van der Waals surface area (Å²) >= 11 is 12.6. The molecule has 5 rings (SSSR count). The topological polar surface area (TPSA) is 59.1 Å². The minimum atomic E-state index is -0.466. The highest BCUT2D eigenvalue weighted by Gasteiger charge is 2.42. The van der Waals surface area contributed by atoms with Gasteiger partial charge in [-0.2, -0.15) is 0 Å². The fourth-order valence-electron chi connectivity index (χ4n) is 4.91. The first-order valence-electron chi connectivity index (χ1n) is 12.4. The Morgan fingerprint density at radius 3 is 2.22 bits per heavy atom. The summed E-state index contributed by atoms with van der Waals surface area (Å²) in [5.74, 6) is 1.28. The number of halogens is 2. The second-order valence-electron chi connectivity index (χ2n) is 9.52. The first-order chi connectivity index (χ1) is 17.8. The minimum absolute atomic E-state index is 0.0201. The number of rotatable bonds is 4. The van der Waals surface area contributed by atoms with Crippen LogP contribution in [0.4, 0.5) is 0 Å². The number of nitrogens with zero attached hydrogens (tertiary/aromatic N) is 2. The quantitative estimate of drug-likeness (QED) is 0.394. The fraction of sp³-hybridized carbons (Fsp3) is 0.310. The van der Waals surface area contributed by atoms with E-state index in [0.29, 0.717) is 78.1 Å². The molecule has 0 N–H and O–H groups in total. The van der Waals surface area contributed by atoms with E-state index in [1.807, 2.05) is 47.4 Å². The van der Waals surface area contributed by atoms with Crippen molar-refractivity contribution < 1.29 is 19.1 Å². The molecule has 2 aliphatic rings. The molecule has 3 aromatic carbocycles. The van der Waals surface area contributed by atoms with Gasteiger partial charge >= 0.3 is 0 Å². The number of amides is 2. The maximum absolute atomic E-state index is 13.3. The highest BCUT2D eigenvalue weighted by atomic mass is 35.5. The van der Waals surface area contributed by atoms with Crippen LogP contribution in [0.1, 0.15) is 39.1 Å². The predicted octanol–water partition coefficient (Wildman–Crippen LogP) is 6.24. The van der Waals surface area contributed by atoms with Crippen LogP contribution in [0.2, 0.25) is 10.0 Å². The zero-order chi connectivity index (χ0) is 26.0. The van der Waals surface area contributed by atoms with E-state index < -0.39 is 5.60 Å². The molecular formula is C29H28Cl2N2O4. The lowest BCUT2D eigenvalue weighted by molar-refractivity contribution is -0.123. The van der Waals surface area contributed by atoms with E-state index in [2.05, 4.69) is 0 Å². The normalized spacial score (nSPS) is 17.1. The number of morpholine rings is 1. The van der Waals surface area contributed by atoms with Crippen LogP contribution >= 0.6 is 23.2 Å². The van der Waals surface area contributed by atoms with Gasteiger partial charge in [0.15, 0.2) is 0 Å². The van der Waals surface area contributed by atoms with Gasteiger partial charge in [0.2, 0.25) is 0 Å². The third-order valence-electron chi connectivity index (χ3n) is 7.13. The Hall–Kier alpha value is -3.06. The molecule has 6 nitrogen and oxygen atoms in total. The lowest BCUT2D eigenvalue weighted by atomic mass is 9.88. The van der Waals surface area contributed by atoms with Crippen LogP contribution in [-0.2, 0) is 4.74 Å². The van der Waals surface area contributed by atoms with Gasteiger partial charge < -0.3 is 19.3 Å². The second kappa shape index (κ2) is 10.7. The van der Waals surface area contributed by atoms with Gasteiger partial charge in [-0.05, 0) is 73.9 Å². The molecule has 0 aliphatic carbocycles. The molecule has 0 saturated carbocycles. The third kappa shape index (κ3) is 5.47. The Morgan fingerprint density at radius 2 is 1.51 bits per heavy atom. The Bertz CT molecular complexity index is 1290. The molecule has 3 aromatic rings. The maximum atomic E-state index is 13.3. The third-order valence-corrected chi connectivity index (χ3v) is 8.02. The Balaban J connectivity index is 1.20. The van der Waals surface area contributed by atoms with Crippen molar-refractivity contribution in [3.8, 4) is 11.5 Å². The van der Waals surface area contributed by atoms with E-state index in [1.54, 1.807) is 36.1 Å². The van der Waals surface area contributed by atoms with Crippen LogP contribution in [0, 0.1) is 6.92 Å². The van der Waals surface area contributed by atoms with E-state index in [-0.39, 0.29) is 11.8 Å². The molecule has 0 radical (unpaired) electrons. The molecular weight excluding hydrogens is 511 g/mol. The molecule has 2 fully saturated rings. The van der Waals surface area contributed by atoms with E-state index in [0.717, 1.165) is 5.75 Å². The van der Waals surface area contributed by atoms with Gasteiger partial charge in [0, 0.05) is 30.2 Å². The molecule has 0 atom stereocenters. The molecule has 192 valence electrons. The molecule has 0 bridgehead atoms. The lowest BCUT2D eigenvalue weighted by Gasteiger charge is -2.47. The predicted molar refractivity (Wildman–Crippen MR) is 144 cm³/mol. The first kappa shape index (κ1) is 25.6. The molecule has 8 heteroatoms. The molecule has 37 heavy (non-hydrogen) atoms. The zero-order valence-corrected chi connectivity index (χ0v) is 22.1. The lowest BCUT2D eigenvalue weighted by Crippen LogP contribution is -2.58. The summed E-state index contributed by atoms with van der Waals surface area (Å²) in [6.45, 7) is 4.34. The van der Waals surface area contributed by atoms with Gasteiger partial charge in [0.05, 0.1) is 29.3 Å². The summed E-state index contributed by atoms with van der Waals surface area (Å²) in [5.41, 5.74) is 1.30. The summed E-state index contributed by atoms with van der Waals surface area (Å²) in [7, 11) is 0. The van der Waals surface area contributed by atoms with Gasteiger partial charge in [-0.3, -0.25) is 9.59 Å². The van der Waals surface area contributed by atoms with Crippen molar-refractivity contribution >= 4 is 35.0 Å². The maximum Gasteiger partial charge on any atom is 0.255 e. The number of para-hydroxylation sites is 1. The van der Waals surface area contributed by atoms with E-state index in [1.165, 1.54) is 0 Å². The summed E-state index contributed by atoms with van der Waals surface area (Å²) < 4.78 is 12.0. The first-order valence-corrected chi connectivity index (χ1v) is 13.1. The van der Waals surface area contributed by atoms with Gasteiger partial charge in [-0.15, -0.1) is 0 Å². The molecule has 2 aliphatic heterocycles. The number of hydrogen-bond donors (Lipinski definition) is 0. The Morgan fingerprint density at radius 1 is 0.838 bits per heavy atom. The van der Waals surface area contributed by atoms with E-state index in [4.69, 9.17) is 32.7 Å². The molecule has 0 aromatic heterocycles. The van der Waals surface area contributed by atoms with Crippen LogP contribution in [-0.4, -0.2) is 60.0 Å². The van der Waals surface area contributed by atoms with Crippen LogP contribution in [0.25, 0.3) is 0 Å². The van der Waals surface area contributed by atoms with Crippen molar-refractivity contribution in [1.29, 1.82) is 0 Å². The van der Waals surface area contributed by atoms with E-state index in [9.17, 15) is 9.59 Å². The molecule has 0 unspecified atom stereocenters. The van der Waals surface area contributed by atoms with Gasteiger partial charge in [0.1, 0.15) is 11.5 Å². The van der Waals surface area contributed by atoms with Gasteiger partial charge in [-0.1, -0.05) is 41.4 Å². The van der Waals surface area contributed by atoms with Crippen LogP contribution < -0.4 is 4.74 Å². The zero-order valence-electron chi connectivity index (χ0n) is 20.6. The largest absolute Gasteiger partial charge is 0.457 e. The van der Waals surface area contributed by atoms with Gasteiger partial charge in [0.25, 0.3) is 11.8 Å². The summed E-state index contributed by atoms with van der Waals surface area (Å²) in [6, 6.07) is 20.1. The molecule has 2 heterocycles. The van der Waals surface area contributed by atoms with E-state index >= 15 is 0 Å². The summed E-state index contributed by atoms with van der Waals surface area (Å²) in [6.07, 6.45) is 1.32. The number of benzene rings is 3. The van der Waals surface area contributed by atoms with Crippen molar-refractivity contribution in [3.63, 3.8) is 0 Å². The minimum Gasteiger partial charge on any atom is -0.457 e. The van der Waals surface area contributed by atoms with Crippen molar-refractivity contribution in [2.24, 2.45) is 0 Å². The standard InChI is InChI=1S/C29H28Cl2N2O4/c1-20-25(30)12-11-24(26(20)31)28(35)33-17-18-36-29(19-33)13-15-32(16-14-29)27(34)21-7-9-23(10-8-21)37-22-5-3-2-4-6-22/h2-12H,13-19H2,1H3. The number of ether oxygens (including phenoxy) is 2. The number of piperidine rings is 1. The fourth-order valence-corrected chi connectivity index (χ4v) is 5.36. The number of carbonyl (C=O) groups excluding carboxylic acids is 2. The molecule has 2 saturated heterocycles. The average molecular weight is 539 g/mol. The van der Waals surface area contributed by atoms with Crippen molar-refractivity contribution in [2.45, 2.75) is 25.4 Å². The second-order valence-corrected chi connectivity index (χ2v) is 10.3. The summed E-state index contributed by atoms with van der Waals surface area (Å²) in [4.78, 5) is 30.1. The van der Waals surface area contributed by atoms with Gasteiger partial charge in [-0.25, -0.2) is 0 Å². The Kier molecular flexibility index (Phi) is 7.43. The number of carbonyl (C=O) groups is 2. The van der Waals surface area contributed by atoms with Crippen LogP contribution in [0.5, 0.6) is 11.5 Å². The summed E-state index contributed by atoms with van der Waals surface area (Å²) in [5, 5.41) is 0.925. The Labute approximate surface area is 226 Å². The number of hydrogen-bond acceptors (Lipinski definition) is 4. The number of likely N-dealkylation sites (tertiary alicyclic amines) is 1. The molecule has 2 amide bonds. The van der Waals surface area contributed by atoms with Crippen molar-refractivity contribution in [2.75, 3.05) is 32.8 Å². The molecule has 1 spiro atoms. The van der Waals surface area contributed by atoms with Crippen molar-refractivity contribution in [1.82, 2.24) is 9.80 Å². The SMILES string of the molecule is Cc1c(Cl)ccc(C(=O)N2CCOC3(CCN(C(=O)c4ccc(Oc5ccccc5)cc4)CC3)C2)c1Cl. The average Bonchev–Trinajstić information content (AvgIpc) is 2.93. The van der Waals surface area contributed by atoms with Crippen LogP contribution in [0.15, 0.2) is 66.7 Å². The monoisotopic (exact) mass is 538 g/mol.